The molecule has 0 radical (unpaired) electrons. The lowest BCUT2D eigenvalue weighted by atomic mass is 10.1. The molecule has 1 atom stereocenters. The monoisotopic (exact) mass is 400 g/mol. The van der Waals surface area contributed by atoms with E-state index in [0.29, 0.717) is 19.5 Å². The lowest BCUT2D eigenvalue weighted by Gasteiger charge is -2.17. The van der Waals surface area contributed by atoms with E-state index in [1.165, 1.54) is 5.56 Å². The molecule has 130 valence electrons. The average Bonchev–Trinajstić information content (AvgIpc) is 3.01. The van der Waals surface area contributed by atoms with Gasteiger partial charge in [-0.05, 0) is 48.2 Å². The first-order valence-corrected chi connectivity index (χ1v) is 9.30. The summed E-state index contributed by atoms with van der Waals surface area (Å²) in [5.41, 5.74) is 3.10. The van der Waals surface area contributed by atoms with Crippen LogP contribution in [0.1, 0.15) is 24.5 Å². The summed E-state index contributed by atoms with van der Waals surface area (Å²) in [7, 11) is 0. The van der Waals surface area contributed by atoms with Gasteiger partial charge in [0.15, 0.2) is 0 Å². The molecule has 4 nitrogen and oxygen atoms in total. The Morgan fingerprint density at radius 2 is 1.96 bits per heavy atom. The van der Waals surface area contributed by atoms with Crippen molar-refractivity contribution in [3.05, 3.63) is 64.1 Å². The number of carbonyl (C=O) groups is 2. The van der Waals surface area contributed by atoms with Gasteiger partial charge in [0.25, 0.3) is 0 Å². The third-order valence-corrected chi connectivity index (χ3v) is 5.03. The van der Waals surface area contributed by atoms with Crippen LogP contribution in [0.15, 0.2) is 53.0 Å². The fraction of sp³-hybridized carbons (Fsp3) is 0.300. The molecule has 1 unspecified atom stereocenters. The third kappa shape index (κ3) is 4.10. The number of rotatable bonds is 5. The number of aryl methyl sites for hydroxylation is 1. The van der Waals surface area contributed by atoms with Crippen LogP contribution in [0.2, 0.25) is 0 Å². The molecule has 2 aromatic carbocycles. The molecule has 0 bridgehead atoms. The van der Waals surface area contributed by atoms with Crippen LogP contribution in [0.3, 0.4) is 0 Å². The van der Waals surface area contributed by atoms with Crippen LogP contribution in [0.25, 0.3) is 0 Å². The van der Waals surface area contributed by atoms with Crippen LogP contribution in [0.5, 0.6) is 0 Å². The lowest BCUT2D eigenvalue weighted by Crippen LogP contribution is -2.36. The Morgan fingerprint density at radius 1 is 1.20 bits per heavy atom. The summed E-state index contributed by atoms with van der Waals surface area (Å²) in [6, 6.07) is 15.7. The fourth-order valence-electron chi connectivity index (χ4n) is 3.05. The van der Waals surface area contributed by atoms with Gasteiger partial charge in [0.2, 0.25) is 11.8 Å². The van der Waals surface area contributed by atoms with Gasteiger partial charge in [0.1, 0.15) is 5.92 Å². The van der Waals surface area contributed by atoms with Gasteiger partial charge in [-0.1, -0.05) is 47.1 Å². The minimum Gasteiger partial charge on any atom is -0.351 e. The predicted octanol–water partition coefficient (Wildman–Crippen LogP) is 3.68. The third-order valence-electron chi connectivity index (χ3n) is 4.53. The minimum absolute atomic E-state index is 0.115. The number of nitrogens with zero attached hydrogens (tertiary/aromatic N) is 1. The van der Waals surface area contributed by atoms with Gasteiger partial charge in [-0.3, -0.25) is 9.59 Å². The minimum atomic E-state index is -0.599. The highest BCUT2D eigenvalue weighted by Gasteiger charge is 2.37. The molecule has 1 fully saturated rings. The number of halogens is 1. The van der Waals surface area contributed by atoms with Gasteiger partial charge in [-0.2, -0.15) is 0 Å². The van der Waals surface area contributed by atoms with Crippen LogP contribution in [-0.4, -0.2) is 18.4 Å². The molecule has 0 aliphatic carbocycles. The SMILES string of the molecule is CCc1ccc(N2CCC(C(=O)NCc3cccc(Br)c3)C2=O)cc1. The van der Waals surface area contributed by atoms with E-state index >= 15 is 0 Å². The van der Waals surface area contributed by atoms with E-state index in [0.717, 1.165) is 22.1 Å². The molecule has 0 spiro atoms. The Bertz CT molecular complexity index is 774. The summed E-state index contributed by atoms with van der Waals surface area (Å²) in [4.78, 5) is 26.8. The van der Waals surface area contributed by atoms with Crippen molar-refractivity contribution in [3.8, 4) is 0 Å². The Morgan fingerprint density at radius 3 is 2.64 bits per heavy atom. The zero-order valence-electron chi connectivity index (χ0n) is 14.2. The van der Waals surface area contributed by atoms with E-state index in [1.54, 1.807) is 4.90 Å². The van der Waals surface area contributed by atoms with Gasteiger partial charge in [0, 0.05) is 23.2 Å². The average molecular weight is 401 g/mol. The van der Waals surface area contributed by atoms with Gasteiger partial charge in [-0.15, -0.1) is 0 Å². The smallest absolute Gasteiger partial charge is 0.239 e. The van der Waals surface area contributed by atoms with Gasteiger partial charge >= 0.3 is 0 Å². The van der Waals surface area contributed by atoms with Crippen molar-refractivity contribution in [3.63, 3.8) is 0 Å². The summed E-state index contributed by atoms with van der Waals surface area (Å²) in [6.07, 6.45) is 1.52. The molecule has 1 N–H and O–H groups in total. The van der Waals surface area contributed by atoms with Crippen molar-refractivity contribution >= 4 is 33.4 Å². The molecule has 1 saturated heterocycles. The lowest BCUT2D eigenvalue weighted by molar-refractivity contribution is -0.132. The first kappa shape index (κ1) is 17.7. The largest absolute Gasteiger partial charge is 0.351 e. The Kier molecular flexibility index (Phi) is 5.53. The summed E-state index contributed by atoms with van der Waals surface area (Å²) in [5.74, 6) is -0.911. The van der Waals surface area contributed by atoms with E-state index < -0.39 is 5.92 Å². The number of hydrogen-bond donors (Lipinski definition) is 1. The Balaban J connectivity index is 1.61. The van der Waals surface area contributed by atoms with Gasteiger partial charge in [-0.25, -0.2) is 0 Å². The van der Waals surface area contributed by atoms with Crippen molar-refractivity contribution in [1.29, 1.82) is 0 Å². The number of carbonyl (C=O) groups excluding carboxylic acids is 2. The van der Waals surface area contributed by atoms with Crippen molar-refractivity contribution < 1.29 is 9.59 Å². The second-order valence-corrected chi connectivity index (χ2v) is 7.11. The van der Waals surface area contributed by atoms with E-state index in [4.69, 9.17) is 0 Å². The normalized spacial score (nSPS) is 17.0. The summed E-state index contributed by atoms with van der Waals surface area (Å²) in [6.45, 7) is 3.11. The maximum absolute atomic E-state index is 12.6. The topological polar surface area (TPSA) is 49.4 Å². The number of anilines is 1. The molecule has 2 aromatic rings. The van der Waals surface area contributed by atoms with E-state index in [-0.39, 0.29) is 11.8 Å². The van der Waals surface area contributed by atoms with Gasteiger partial charge in [0.05, 0.1) is 0 Å². The van der Waals surface area contributed by atoms with Crippen LogP contribution < -0.4 is 10.2 Å². The first-order chi connectivity index (χ1) is 12.1. The fourth-order valence-corrected chi connectivity index (χ4v) is 3.50. The number of benzene rings is 2. The van der Waals surface area contributed by atoms with E-state index in [2.05, 4.69) is 28.2 Å². The first-order valence-electron chi connectivity index (χ1n) is 8.51. The molecular weight excluding hydrogens is 380 g/mol. The maximum Gasteiger partial charge on any atom is 0.239 e. The van der Waals surface area contributed by atoms with Crippen LogP contribution in [0, 0.1) is 5.92 Å². The quantitative estimate of drug-likeness (QED) is 0.778. The zero-order chi connectivity index (χ0) is 17.8. The van der Waals surface area contributed by atoms with Crippen molar-refractivity contribution in [1.82, 2.24) is 5.32 Å². The Hall–Kier alpha value is -2.14. The molecule has 1 aliphatic heterocycles. The second-order valence-electron chi connectivity index (χ2n) is 6.20. The molecule has 0 aromatic heterocycles. The number of amides is 2. The highest BCUT2D eigenvalue weighted by Crippen LogP contribution is 2.26. The van der Waals surface area contributed by atoms with Crippen molar-refractivity contribution in [2.24, 2.45) is 5.92 Å². The van der Waals surface area contributed by atoms with E-state index in [9.17, 15) is 9.59 Å². The molecule has 25 heavy (non-hydrogen) atoms. The van der Waals surface area contributed by atoms with Crippen molar-refractivity contribution in [2.75, 3.05) is 11.4 Å². The maximum atomic E-state index is 12.6. The highest BCUT2D eigenvalue weighted by molar-refractivity contribution is 9.10. The van der Waals surface area contributed by atoms with Crippen LogP contribution in [-0.2, 0) is 22.6 Å². The molecule has 1 heterocycles. The summed E-state index contributed by atoms with van der Waals surface area (Å²) >= 11 is 3.42. The van der Waals surface area contributed by atoms with Crippen molar-refractivity contribution in [2.45, 2.75) is 26.3 Å². The number of nitrogens with one attached hydrogen (secondary N) is 1. The molecule has 3 rings (SSSR count). The molecule has 2 amide bonds. The standard InChI is InChI=1S/C20H21BrN2O2/c1-2-14-6-8-17(9-7-14)23-11-10-18(20(23)25)19(24)22-13-15-4-3-5-16(21)12-15/h3-9,12,18H,2,10-11,13H2,1H3,(H,22,24). The highest BCUT2D eigenvalue weighted by atomic mass is 79.9. The number of hydrogen-bond acceptors (Lipinski definition) is 2. The predicted molar refractivity (Wildman–Crippen MR) is 102 cm³/mol. The van der Waals surface area contributed by atoms with Gasteiger partial charge < -0.3 is 10.2 Å². The molecule has 0 saturated carbocycles. The Labute approximate surface area is 156 Å². The van der Waals surface area contributed by atoms with Crippen LogP contribution in [0.4, 0.5) is 5.69 Å². The summed E-state index contributed by atoms with van der Waals surface area (Å²) in [5, 5.41) is 2.88. The molecule has 1 aliphatic rings. The second kappa shape index (κ2) is 7.83. The molecule has 5 heteroatoms. The summed E-state index contributed by atoms with van der Waals surface area (Å²) < 4.78 is 0.970. The van der Waals surface area contributed by atoms with E-state index in [1.807, 2.05) is 48.5 Å². The molecular formula is C20H21BrN2O2. The van der Waals surface area contributed by atoms with Crippen LogP contribution >= 0.6 is 15.9 Å². The zero-order valence-corrected chi connectivity index (χ0v) is 15.8.